The Hall–Kier alpha value is -2.67. The van der Waals surface area contributed by atoms with Gasteiger partial charge in [-0.25, -0.2) is 4.79 Å². The first-order valence-corrected chi connectivity index (χ1v) is 15.8. The number of hydrogen-bond acceptors (Lipinski definition) is 9. The SMILES string of the molecule is CCOCCn1c(=NC(=O)CSCC(=O)Nc2sc3c(c2C(=O)OC)CCCC3)sc2cc(OCC)ccc21. The molecule has 12 heteroatoms. The monoisotopic (exact) mass is 591 g/mol. The topological polar surface area (TPSA) is 108 Å². The minimum absolute atomic E-state index is 0.0577. The molecule has 0 bridgehead atoms. The molecule has 2 aromatic heterocycles. The molecule has 0 unspecified atom stereocenters. The Morgan fingerprint density at radius 2 is 1.92 bits per heavy atom. The fraction of sp³-hybridized carbons (Fsp3) is 0.481. The Morgan fingerprint density at radius 1 is 1.10 bits per heavy atom. The summed E-state index contributed by atoms with van der Waals surface area (Å²) in [6, 6.07) is 5.83. The van der Waals surface area contributed by atoms with Gasteiger partial charge in [-0.15, -0.1) is 23.1 Å². The number of esters is 1. The number of anilines is 1. The Balaban J connectivity index is 1.42. The standard InChI is InChI=1S/C27H33N3O6S3/c1-4-35-13-12-30-19-11-10-17(36-5-2)14-21(19)39-27(30)29-23(32)16-37-15-22(31)28-25-24(26(33)34-3)18-8-6-7-9-20(18)38-25/h10-11,14H,4-9,12-13,15-16H2,1-3H3,(H,28,31). The van der Waals surface area contributed by atoms with Crippen LogP contribution in [0.4, 0.5) is 5.00 Å². The molecule has 0 saturated carbocycles. The van der Waals surface area contributed by atoms with E-state index in [0.29, 0.717) is 41.7 Å². The molecule has 0 radical (unpaired) electrons. The Morgan fingerprint density at radius 3 is 2.69 bits per heavy atom. The zero-order valence-corrected chi connectivity index (χ0v) is 24.8. The average Bonchev–Trinajstić information content (AvgIpc) is 3.45. The van der Waals surface area contributed by atoms with Crippen LogP contribution in [0.3, 0.4) is 0 Å². The first-order chi connectivity index (χ1) is 18.9. The van der Waals surface area contributed by atoms with Gasteiger partial charge in [0.1, 0.15) is 10.8 Å². The zero-order chi connectivity index (χ0) is 27.8. The number of rotatable bonds is 12. The van der Waals surface area contributed by atoms with Crippen molar-refractivity contribution in [1.82, 2.24) is 4.57 Å². The van der Waals surface area contributed by atoms with Crippen molar-refractivity contribution in [3.8, 4) is 5.75 Å². The van der Waals surface area contributed by atoms with Crippen molar-refractivity contribution in [3.63, 3.8) is 0 Å². The quantitative estimate of drug-likeness (QED) is 0.241. The molecule has 0 spiro atoms. The summed E-state index contributed by atoms with van der Waals surface area (Å²) in [5.74, 6) is -0.128. The van der Waals surface area contributed by atoms with Gasteiger partial charge in [0, 0.05) is 18.0 Å². The molecular weight excluding hydrogens is 559 g/mol. The summed E-state index contributed by atoms with van der Waals surface area (Å²) >= 11 is 4.05. The van der Waals surface area contributed by atoms with E-state index in [1.54, 1.807) is 0 Å². The predicted octanol–water partition coefficient (Wildman–Crippen LogP) is 4.66. The molecule has 0 aliphatic heterocycles. The average molecular weight is 592 g/mol. The third-order valence-corrected chi connectivity index (χ3v) is 9.29. The molecule has 4 rings (SSSR count). The van der Waals surface area contributed by atoms with Gasteiger partial charge in [0.25, 0.3) is 5.91 Å². The van der Waals surface area contributed by atoms with Gasteiger partial charge in [-0.1, -0.05) is 11.3 Å². The van der Waals surface area contributed by atoms with Crippen LogP contribution in [0.2, 0.25) is 0 Å². The van der Waals surface area contributed by atoms with E-state index in [1.165, 1.54) is 41.5 Å². The molecule has 1 aliphatic rings. The molecule has 9 nitrogen and oxygen atoms in total. The molecular formula is C27H33N3O6S3. The van der Waals surface area contributed by atoms with Crippen LogP contribution in [-0.2, 0) is 38.4 Å². The van der Waals surface area contributed by atoms with Gasteiger partial charge in [-0.2, -0.15) is 4.99 Å². The number of carbonyl (C=O) groups excluding carboxylic acids is 3. The summed E-state index contributed by atoms with van der Waals surface area (Å²) in [6.07, 6.45) is 3.80. The Kier molecular flexibility index (Phi) is 10.6. The highest BCUT2D eigenvalue weighted by Gasteiger charge is 2.27. The molecule has 1 aromatic carbocycles. The molecule has 0 atom stereocenters. The fourth-order valence-electron chi connectivity index (χ4n) is 4.42. The molecule has 0 saturated heterocycles. The molecule has 39 heavy (non-hydrogen) atoms. The van der Waals surface area contributed by atoms with Crippen LogP contribution < -0.4 is 14.9 Å². The predicted molar refractivity (Wildman–Crippen MR) is 156 cm³/mol. The number of nitrogens with one attached hydrogen (secondary N) is 1. The highest BCUT2D eigenvalue weighted by Crippen LogP contribution is 2.38. The summed E-state index contributed by atoms with van der Waals surface area (Å²) in [5.41, 5.74) is 2.42. The van der Waals surface area contributed by atoms with Gasteiger partial charge in [0.05, 0.1) is 47.6 Å². The highest BCUT2D eigenvalue weighted by molar-refractivity contribution is 8.00. The van der Waals surface area contributed by atoms with E-state index in [1.807, 2.05) is 36.6 Å². The van der Waals surface area contributed by atoms with E-state index in [0.717, 1.165) is 52.1 Å². The number of thiophene rings is 1. The summed E-state index contributed by atoms with van der Waals surface area (Å²) in [5, 5.41) is 3.40. The van der Waals surface area contributed by atoms with Crippen molar-refractivity contribution in [2.75, 3.05) is 43.8 Å². The number of carbonyl (C=O) groups is 3. The molecule has 2 heterocycles. The summed E-state index contributed by atoms with van der Waals surface area (Å²) in [6.45, 7) is 6.12. The third kappa shape index (κ3) is 7.30. The largest absolute Gasteiger partial charge is 0.494 e. The van der Waals surface area contributed by atoms with Gasteiger partial charge >= 0.3 is 5.97 Å². The number of thiazole rings is 1. The van der Waals surface area contributed by atoms with E-state index < -0.39 is 5.97 Å². The minimum atomic E-state index is -0.430. The Labute approximate surface area is 239 Å². The molecule has 1 N–H and O–H groups in total. The van der Waals surface area contributed by atoms with Crippen LogP contribution in [0.25, 0.3) is 10.2 Å². The van der Waals surface area contributed by atoms with Crippen molar-refractivity contribution in [3.05, 3.63) is 39.0 Å². The highest BCUT2D eigenvalue weighted by atomic mass is 32.2. The second-order valence-corrected chi connectivity index (χ2v) is 11.8. The number of thioether (sulfide) groups is 1. The van der Waals surface area contributed by atoms with Crippen LogP contribution in [0, 0.1) is 0 Å². The van der Waals surface area contributed by atoms with Crippen molar-refractivity contribution >= 4 is 67.4 Å². The first-order valence-electron chi connectivity index (χ1n) is 13.0. The van der Waals surface area contributed by atoms with Crippen LogP contribution in [-0.4, -0.2) is 60.8 Å². The maximum Gasteiger partial charge on any atom is 0.341 e. The number of hydrogen-bond donors (Lipinski definition) is 1. The van der Waals surface area contributed by atoms with Gasteiger partial charge in [-0.3, -0.25) is 9.59 Å². The molecule has 1 aliphatic carbocycles. The van der Waals surface area contributed by atoms with E-state index >= 15 is 0 Å². The summed E-state index contributed by atoms with van der Waals surface area (Å²) < 4.78 is 19.1. The zero-order valence-electron chi connectivity index (χ0n) is 22.4. The molecule has 210 valence electrons. The van der Waals surface area contributed by atoms with E-state index in [-0.39, 0.29) is 23.3 Å². The number of ether oxygens (including phenoxy) is 3. The first kappa shape index (κ1) is 29.3. The number of fused-ring (bicyclic) bond motifs is 2. The van der Waals surface area contributed by atoms with E-state index in [4.69, 9.17) is 14.2 Å². The summed E-state index contributed by atoms with van der Waals surface area (Å²) in [7, 11) is 1.35. The van der Waals surface area contributed by atoms with Gasteiger partial charge in [0.15, 0.2) is 4.80 Å². The fourth-order valence-corrected chi connectivity index (χ4v) is 7.41. The lowest BCUT2D eigenvalue weighted by Crippen LogP contribution is -2.20. The smallest absolute Gasteiger partial charge is 0.341 e. The number of nitrogens with zero attached hydrogens (tertiary/aromatic N) is 2. The minimum Gasteiger partial charge on any atom is -0.494 e. The number of methoxy groups -OCH3 is 1. The van der Waals surface area contributed by atoms with Gasteiger partial charge in [-0.05, 0) is 63.3 Å². The third-order valence-electron chi connectivity index (χ3n) is 6.12. The number of benzene rings is 1. The number of aryl methyl sites for hydroxylation is 1. The van der Waals surface area contributed by atoms with Crippen LogP contribution in [0.1, 0.15) is 47.5 Å². The normalized spacial score (nSPS) is 13.4. The maximum atomic E-state index is 12.8. The van der Waals surface area contributed by atoms with Crippen molar-refractivity contribution < 1.29 is 28.6 Å². The van der Waals surface area contributed by atoms with Gasteiger partial charge < -0.3 is 24.1 Å². The molecule has 2 amide bonds. The lowest BCUT2D eigenvalue weighted by molar-refractivity contribution is -0.115. The van der Waals surface area contributed by atoms with E-state index in [2.05, 4.69) is 10.3 Å². The molecule has 0 fully saturated rings. The second kappa shape index (κ2) is 14.1. The van der Waals surface area contributed by atoms with Crippen LogP contribution in [0.5, 0.6) is 5.75 Å². The lowest BCUT2D eigenvalue weighted by Gasteiger charge is -2.11. The van der Waals surface area contributed by atoms with Crippen LogP contribution in [0.15, 0.2) is 23.2 Å². The number of amides is 2. The van der Waals surface area contributed by atoms with Crippen molar-refractivity contribution in [1.29, 1.82) is 0 Å². The summed E-state index contributed by atoms with van der Waals surface area (Å²) in [4.78, 5) is 43.9. The van der Waals surface area contributed by atoms with E-state index in [9.17, 15) is 14.4 Å². The van der Waals surface area contributed by atoms with Crippen molar-refractivity contribution in [2.45, 2.75) is 46.1 Å². The second-order valence-electron chi connectivity index (χ2n) is 8.75. The lowest BCUT2D eigenvalue weighted by atomic mass is 9.95. The number of aromatic nitrogens is 1. The molecule has 3 aromatic rings. The van der Waals surface area contributed by atoms with Crippen LogP contribution >= 0.6 is 34.4 Å². The maximum absolute atomic E-state index is 12.8. The Bertz CT molecular complexity index is 1410. The van der Waals surface area contributed by atoms with Gasteiger partial charge in [0.2, 0.25) is 5.91 Å². The van der Waals surface area contributed by atoms with Crippen molar-refractivity contribution in [2.24, 2.45) is 4.99 Å².